The van der Waals surface area contributed by atoms with Crippen LogP contribution in [0.1, 0.15) is 19.0 Å². The van der Waals surface area contributed by atoms with Gasteiger partial charge in [-0.05, 0) is 34.4 Å². The summed E-state index contributed by atoms with van der Waals surface area (Å²) in [6.45, 7) is 5.10. The van der Waals surface area contributed by atoms with Gasteiger partial charge >= 0.3 is 0 Å². The summed E-state index contributed by atoms with van der Waals surface area (Å²) in [7, 11) is 0.364. The van der Waals surface area contributed by atoms with Crippen molar-refractivity contribution in [2.45, 2.75) is 49.9 Å². The van der Waals surface area contributed by atoms with Crippen LogP contribution in [0.3, 0.4) is 0 Å². The minimum absolute atomic E-state index is 0.0869. The number of nitrogens with zero attached hydrogens (tertiary/aromatic N) is 3. The van der Waals surface area contributed by atoms with Crippen LogP contribution in [0.2, 0.25) is 0 Å². The molecule has 0 radical (unpaired) electrons. The summed E-state index contributed by atoms with van der Waals surface area (Å²) >= 11 is 0. The maximum atomic E-state index is 12.7. The van der Waals surface area contributed by atoms with E-state index in [1.165, 1.54) is 6.20 Å². The van der Waals surface area contributed by atoms with Gasteiger partial charge in [0.05, 0.1) is 24.0 Å². The molecule has 1 aliphatic carbocycles. The Balaban J connectivity index is 1.83. The third-order valence-electron chi connectivity index (χ3n) is 4.88. The van der Waals surface area contributed by atoms with Crippen LogP contribution >= 0.6 is 0 Å². The summed E-state index contributed by atoms with van der Waals surface area (Å²) in [6, 6.07) is -0.0133. The van der Waals surface area contributed by atoms with Gasteiger partial charge in [0.15, 0.2) is 0 Å². The van der Waals surface area contributed by atoms with Crippen LogP contribution in [-0.2, 0) is 21.3 Å². The highest BCUT2D eigenvalue weighted by Crippen LogP contribution is 2.41. The highest BCUT2D eigenvalue weighted by atomic mass is 32.2. The first-order valence-electron chi connectivity index (χ1n) is 7.69. The van der Waals surface area contributed by atoms with E-state index >= 15 is 0 Å². The number of rotatable bonds is 5. The van der Waals surface area contributed by atoms with E-state index in [1.54, 1.807) is 11.6 Å². The molecule has 3 rings (SSSR count). The first kappa shape index (κ1) is 15.9. The second-order valence-corrected chi connectivity index (χ2v) is 7.98. The lowest BCUT2D eigenvalue weighted by atomic mass is 9.71. The number of likely N-dealkylation sites (N-methyl/N-ethyl adjacent to an activating group) is 1. The molecule has 7 nitrogen and oxygen atoms in total. The predicted molar refractivity (Wildman–Crippen MR) is 82.1 cm³/mol. The van der Waals surface area contributed by atoms with E-state index in [4.69, 9.17) is 4.74 Å². The molecule has 2 heterocycles. The highest BCUT2D eigenvalue weighted by molar-refractivity contribution is 7.89. The fourth-order valence-corrected chi connectivity index (χ4v) is 5.18. The zero-order valence-corrected chi connectivity index (χ0v) is 14.3. The molecule has 1 aliphatic heterocycles. The normalized spacial score (nSPS) is 31.3. The van der Waals surface area contributed by atoms with Crippen LogP contribution in [-0.4, -0.2) is 62.0 Å². The Morgan fingerprint density at radius 3 is 2.82 bits per heavy atom. The van der Waals surface area contributed by atoms with E-state index in [0.29, 0.717) is 18.8 Å². The first-order valence-corrected chi connectivity index (χ1v) is 9.18. The second-order valence-electron chi connectivity index (χ2n) is 6.30. The van der Waals surface area contributed by atoms with Crippen molar-refractivity contribution in [2.75, 3.05) is 20.7 Å². The van der Waals surface area contributed by atoms with Crippen molar-refractivity contribution < 1.29 is 13.2 Å². The predicted octanol–water partition coefficient (Wildman–Crippen LogP) is 0.207. The molecule has 1 saturated heterocycles. The van der Waals surface area contributed by atoms with Gasteiger partial charge in [0.25, 0.3) is 0 Å². The van der Waals surface area contributed by atoms with Crippen molar-refractivity contribution >= 4 is 10.0 Å². The Bertz CT molecular complexity index is 655. The molecule has 124 valence electrons. The van der Waals surface area contributed by atoms with E-state index in [-0.39, 0.29) is 29.0 Å². The van der Waals surface area contributed by atoms with Gasteiger partial charge in [-0.3, -0.25) is 4.68 Å². The number of aromatic nitrogens is 2. The van der Waals surface area contributed by atoms with Gasteiger partial charge in [-0.2, -0.15) is 5.10 Å². The standard InChI is InChI=1S/C14H24N4O3S/c1-5-18-9(2)11(8-15-18)22(19,20)16-12-10-6-7-21-14(10)13(12)17(3)4/h8,10,12-14,16H,5-7H2,1-4H3/t10-,12+,13-,14-/m1/s1. The van der Waals surface area contributed by atoms with Gasteiger partial charge in [-0.15, -0.1) is 0 Å². The zero-order valence-electron chi connectivity index (χ0n) is 13.5. The number of nitrogens with one attached hydrogen (secondary N) is 1. The van der Waals surface area contributed by atoms with Crippen molar-refractivity contribution in [3.8, 4) is 0 Å². The van der Waals surface area contributed by atoms with Crippen LogP contribution in [0, 0.1) is 12.8 Å². The molecule has 1 saturated carbocycles. The highest BCUT2D eigenvalue weighted by Gasteiger charge is 2.56. The quantitative estimate of drug-likeness (QED) is 0.836. The van der Waals surface area contributed by atoms with E-state index in [1.807, 2.05) is 25.9 Å². The molecule has 2 fully saturated rings. The van der Waals surface area contributed by atoms with Crippen molar-refractivity contribution in [1.29, 1.82) is 0 Å². The fourth-order valence-electron chi connectivity index (χ4n) is 3.70. The number of ether oxygens (including phenoxy) is 1. The van der Waals surface area contributed by atoms with Gasteiger partial charge in [0, 0.05) is 25.1 Å². The molecule has 4 atom stereocenters. The van der Waals surface area contributed by atoms with Crippen LogP contribution < -0.4 is 4.72 Å². The smallest absolute Gasteiger partial charge is 0.244 e. The summed E-state index contributed by atoms with van der Waals surface area (Å²) in [5.41, 5.74) is 0.676. The van der Waals surface area contributed by atoms with Crippen molar-refractivity contribution in [1.82, 2.24) is 19.4 Å². The molecule has 1 N–H and O–H groups in total. The number of hydrogen-bond donors (Lipinski definition) is 1. The Labute approximate surface area is 131 Å². The average Bonchev–Trinajstić information content (AvgIpc) is 3.00. The van der Waals surface area contributed by atoms with E-state index in [9.17, 15) is 8.42 Å². The summed E-state index contributed by atoms with van der Waals surface area (Å²) in [6.07, 6.45) is 2.49. The Kier molecular flexibility index (Phi) is 4.05. The van der Waals surface area contributed by atoms with E-state index in [2.05, 4.69) is 9.82 Å². The van der Waals surface area contributed by atoms with Crippen LogP contribution in [0.5, 0.6) is 0 Å². The molecule has 0 unspecified atom stereocenters. The lowest BCUT2D eigenvalue weighted by Crippen LogP contribution is -2.69. The Morgan fingerprint density at radius 2 is 2.23 bits per heavy atom. The molecule has 8 heteroatoms. The van der Waals surface area contributed by atoms with Gasteiger partial charge in [0.2, 0.25) is 10.0 Å². The third kappa shape index (κ3) is 2.38. The molecule has 0 spiro atoms. The summed E-state index contributed by atoms with van der Waals surface area (Å²) < 4.78 is 35.7. The maximum Gasteiger partial charge on any atom is 0.244 e. The molecule has 0 aromatic carbocycles. The van der Waals surface area contributed by atoms with Crippen molar-refractivity contribution in [3.05, 3.63) is 11.9 Å². The lowest BCUT2D eigenvalue weighted by Gasteiger charge is -2.50. The molecule has 0 amide bonds. The van der Waals surface area contributed by atoms with Crippen LogP contribution in [0.15, 0.2) is 11.1 Å². The van der Waals surface area contributed by atoms with Crippen LogP contribution in [0.25, 0.3) is 0 Å². The topological polar surface area (TPSA) is 76.5 Å². The largest absolute Gasteiger partial charge is 0.376 e. The Morgan fingerprint density at radius 1 is 1.50 bits per heavy atom. The van der Waals surface area contributed by atoms with Crippen molar-refractivity contribution in [2.24, 2.45) is 5.92 Å². The average molecular weight is 328 g/mol. The molecular weight excluding hydrogens is 304 g/mol. The van der Waals surface area contributed by atoms with Gasteiger partial charge in [-0.25, -0.2) is 13.1 Å². The number of sulfonamides is 1. The van der Waals surface area contributed by atoms with Crippen molar-refractivity contribution in [3.63, 3.8) is 0 Å². The Hall–Kier alpha value is -0.960. The number of fused-ring (bicyclic) bond motifs is 1. The monoisotopic (exact) mass is 328 g/mol. The van der Waals surface area contributed by atoms with Gasteiger partial charge < -0.3 is 9.64 Å². The van der Waals surface area contributed by atoms with E-state index in [0.717, 1.165) is 6.42 Å². The minimum atomic E-state index is -3.56. The van der Waals surface area contributed by atoms with E-state index < -0.39 is 10.0 Å². The molecule has 2 aliphatic rings. The summed E-state index contributed by atoms with van der Waals surface area (Å²) in [5.74, 6) is 0.267. The number of hydrogen-bond acceptors (Lipinski definition) is 5. The van der Waals surface area contributed by atoms with Gasteiger partial charge in [0.1, 0.15) is 4.90 Å². The lowest BCUT2D eigenvalue weighted by molar-refractivity contribution is -0.0626. The molecule has 0 bridgehead atoms. The molecule has 1 aromatic heterocycles. The second kappa shape index (κ2) is 5.59. The fraction of sp³-hybridized carbons (Fsp3) is 0.786. The number of aryl methyl sites for hydroxylation is 1. The molecule has 1 aromatic rings. The molecule has 22 heavy (non-hydrogen) atoms. The summed E-state index contributed by atoms with van der Waals surface area (Å²) in [4.78, 5) is 2.32. The first-order chi connectivity index (χ1) is 10.4. The maximum absolute atomic E-state index is 12.7. The van der Waals surface area contributed by atoms with Crippen LogP contribution in [0.4, 0.5) is 0 Å². The minimum Gasteiger partial charge on any atom is -0.376 e. The zero-order chi connectivity index (χ0) is 16.1. The SMILES string of the molecule is CCn1ncc(S(=O)(=O)N[C@H]2[C@H]3CCO[C@H]3[C@@H]2N(C)C)c1C. The van der Waals surface area contributed by atoms with Gasteiger partial charge in [-0.1, -0.05) is 0 Å². The summed E-state index contributed by atoms with van der Waals surface area (Å²) in [5, 5.41) is 4.13. The third-order valence-corrected chi connectivity index (χ3v) is 6.45. The molecular formula is C14H24N4O3S.